The topological polar surface area (TPSA) is 62.6 Å². The van der Waals surface area contributed by atoms with E-state index in [1.54, 1.807) is 24.1 Å². The first kappa shape index (κ1) is 17.3. The van der Waals surface area contributed by atoms with Crippen LogP contribution in [0.15, 0.2) is 51.6 Å². The molecule has 0 saturated carbocycles. The minimum Gasteiger partial charge on any atom is -0.444 e. The van der Waals surface area contributed by atoms with E-state index in [1.807, 2.05) is 18.2 Å². The second kappa shape index (κ2) is 8.53. The maximum absolute atomic E-state index is 12.0. The second-order valence-electron chi connectivity index (χ2n) is 5.19. The lowest BCUT2D eigenvalue weighted by molar-refractivity contribution is -0.128. The van der Waals surface area contributed by atoms with Crippen LogP contribution in [-0.4, -0.2) is 36.9 Å². The molecule has 23 heavy (non-hydrogen) atoms. The van der Waals surface area contributed by atoms with Crippen LogP contribution in [0.2, 0.25) is 0 Å². The number of amides is 2. The third-order valence-electron chi connectivity index (χ3n) is 3.42. The molecule has 0 aliphatic heterocycles. The third-order valence-corrected chi connectivity index (χ3v) is 3.85. The smallest absolute Gasteiger partial charge is 0.287 e. The average molecular weight is 379 g/mol. The van der Waals surface area contributed by atoms with Gasteiger partial charge in [-0.1, -0.05) is 30.3 Å². The molecular formula is C17H19BrN2O3. The van der Waals surface area contributed by atoms with Gasteiger partial charge in [-0.2, -0.15) is 0 Å². The van der Waals surface area contributed by atoms with Crippen molar-refractivity contribution in [3.63, 3.8) is 0 Å². The summed E-state index contributed by atoms with van der Waals surface area (Å²) in [5.41, 5.74) is 1.25. The van der Waals surface area contributed by atoms with Crippen LogP contribution in [0.1, 0.15) is 22.5 Å². The first-order chi connectivity index (χ1) is 11.1. The number of benzene rings is 1. The number of nitrogens with zero attached hydrogens (tertiary/aromatic N) is 1. The van der Waals surface area contributed by atoms with Gasteiger partial charge in [0.1, 0.15) is 0 Å². The Balaban J connectivity index is 1.69. The summed E-state index contributed by atoms with van der Waals surface area (Å²) in [7, 11) is 1.74. The summed E-state index contributed by atoms with van der Waals surface area (Å²) >= 11 is 3.13. The molecule has 5 nitrogen and oxygen atoms in total. The van der Waals surface area contributed by atoms with E-state index in [1.165, 1.54) is 5.56 Å². The highest BCUT2D eigenvalue weighted by Crippen LogP contribution is 2.13. The largest absolute Gasteiger partial charge is 0.444 e. The Morgan fingerprint density at radius 2 is 1.91 bits per heavy atom. The Morgan fingerprint density at radius 1 is 1.17 bits per heavy atom. The third kappa shape index (κ3) is 5.56. The van der Waals surface area contributed by atoms with Gasteiger partial charge in [0.25, 0.3) is 5.91 Å². The number of rotatable bonds is 7. The Labute approximate surface area is 143 Å². The van der Waals surface area contributed by atoms with E-state index < -0.39 is 5.91 Å². The molecule has 0 fully saturated rings. The van der Waals surface area contributed by atoms with Crippen molar-refractivity contribution in [1.82, 2.24) is 10.2 Å². The standard InChI is InChI=1S/C17H19BrN2O3/c1-20(11-5-8-13-6-3-2-4-7-13)16(21)12-19-17(22)14-9-10-15(18)23-14/h2-4,6-7,9-10H,5,8,11-12H2,1H3,(H,19,22). The quantitative estimate of drug-likeness (QED) is 0.805. The van der Waals surface area contributed by atoms with E-state index in [2.05, 4.69) is 33.4 Å². The number of aryl methyl sites for hydroxylation is 1. The number of furan rings is 1. The molecule has 1 heterocycles. The van der Waals surface area contributed by atoms with Crippen molar-refractivity contribution in [1.29, 1.82) is 0 Å². The molecule has 0 unspecified atom stereocenters. The molecule has 1 N–H and O–H groups in total. The molecule has 0 aliphatic rings. The van der Waals surface area contributed by atoms with E-state index >= 15 is 0 Å². The van der Waals surface area contributed by atoms with Gasteiger partial charge >= 0.3 is 0 Å². The fourth-order valence-electron chi connectivity index (χ4n) is 2.10. The zero-order valence-corrected chi connectivity index (χ0v) is 14.5. The number of likely N-dealkylation sites (N-methyl/N-ethyl adjacent to an activating group) is 1. The zero-order chi connectivity index (χ0) is 16.7. The summed E-state index contributed by atoms with van der Waals surface area (Å²) in [6, 6.07) is 13.3. The minimum atomic E-state index is -0.401. The molecule has 0 aliphatic carbocycles. The highest BCUT2D eigenvalue weighted by Gasteiger charge is 2.14. The SMILES string of the molecule is CN(CCCc1ccccc1)C(=O)CNC(=O)c1ccc(Br)o1. The van der Waals surface area contributed by atoms with Gasteiger partial charge in [-0.05, 0) is 46.5 Å². The molecule has 6 heteroatoms. The zero-order valence-electron chi connectivity index (χ0n) is 12.9. The van der Waals surface area contributed by atoms with Gasteiger partial charge in [0.2, 0.25) is 5.91 Å². The number of halogens is 1. The molecule has 2 aromatic rings. The summed E-state index contributed by atoms with van der Waals surface area (Å²) in [6.07, 6.45) is 1.80. The van der Waals surface area contributed by atoms with Gasteiger partial charge in [0, 0.05) is 13.6 Å². The Bertz CT molecular complexity index is 655. The Kier molecular flexibility index (Phi) is 6.40. The van der Waals surface area contributed by atoms with Crippen molar-refractivity contribution in [3.05, 3.63) is 58.5 Å². The van der Waals surface area contributed by atoms with Crippen LogP contribution in [0.4, 0.5) is 0 Å². The van der Waals surface area contributed by atoms with Gasteiger partial charge in [-0.15, -0.1) is 0 Å². The van der Waals surface area contributed by atoms with Crippen LogP contribution < -0.4 is 5.32 Å². The summed E-state index contributed by atoms with van der Waals surface area (Å²) in [5.74, 6) is -0.352. The van der Waals surface area contributed by atoms with Crippen LogP contribution in [0.25, 0.3) is 0 Å². The second-order valence-corrected chi connectivity index (χ2v) is 5.97. The normalized spacial score (nSPS) is 10.3. The monoisotopic (exact) mass is 378 g/mol. The molecule has 1 aromatic heterocycles. The molecule has 0 spiro atoms. The van der Waals surface area contributed by atoms with Gasteiger partial charge in [-0.3, -0.25) is 9.59 Å². The van der Waals surface area contributed by atoms with Crippen molar-refractivity contribution >= 4 is 27.7 Å². The molecule has 0 radical (unpaired) electrons. The highest BCUT2D eigenvalue weighted by atomic mass is 79.9. The predicted molar refractivity (Wildman–Crippen MR) is 91.1 cm³/mol. The van der Waals surface area contributed by atoms with Gasteiger partial charge in [-0.25, -0.2) is 0 Å². The lowest BCUT2D eigenvalue weighted by Crippen LogP contribution is -2.38. The van der Waals surface area contributed by atoms with Gasteiger partial charge in [0.15, 0.2) is 10.4 Å². The number of nitrogens with one attached hydrogen (secondary N) is 1. The van der Waals surface area contributed by atoms with E-state index in [0.29, 0.717) is 11.2 Å². The first-order valence-corrected chi connectivity index (χ1v) is 8.17. The molecule has 0 saturated heterocycles. The summed E-state index contributed by atoms with van der Waals surface area (Å²) < 4.78 is 5.61. The molecule has 1 aromatic carbocycles. The van der Waals surface area contributed by atoms with Crippen LogP contribution in [-0.2, 0) is 11.2 Å². The lowest BCUT2D eigenvalue weighted by atomic mass is 10.1. The van der Waals surface area contributed by atoms with E-state index in [9.17, 15) is 9.59 Å². The van der Waals surface area contributed by atoms with Crippen molar-refractivity contribution in [2.24, 2.45) is 0 Å². The van der Waals surface area contributed by atoms with Crippen molar-refractivity contribution < 1.29 is 14.0 Å². The molecular weight excluding hydrogens is 360 g/mol. The van der Waals surface area contributed by atoms with E-state index in [4.69, 9.17) is 4.42 Å². The van der Waals surface area contributed by atoms with E-state index in [0.717, 1.165) is 12.8 Å². The lowest BCUT2D eigenvalue weighted by Gasteiger charge is -2.17. The molecule has 2 amide bonds. The number of hydrogen-bond donors (Lipinski definition) is 1. The van der Waals surface area contributed by atoms with Gasteiger partial charge in [0.05, 0.1) is 6.54 Å². The number of carbonyl (C=O) groups is 2. The average Bonchev–Trinajstić information content (AvgIpc) is 2.99. The van der Waals surface area contributed by atoms with Crippen molar-refractivity contribution in [2.75, 3.05) is 20.1 Å². The highest BCUT2D eigenvalue weighted by molar-refractivity contribution is 9.10. The van der Waals surface area contributed by atoms with Gasteiger partial charge < -0.3 is 14.6 Å². The molecule has 0 bridgehead atoms. The fraction of sp³-hybridized carbons (Fsp3) is 0.294. The predicted octanol–water partition coefficient (Wildman–Crippen LogP) is 2.86. The molecule has 0 atom stereocenters. The van der Waals surface area contributed by atoms with Crippen LogP contribution in [0, 0.1) is 0 Å². The minimum absolute atomic E-state index is 0.0427. The molecule has 2 rings (SSSR count). The fourth-order valence-corrected chi connectivity index (χ4v) is 2.41. The molecule has 122 valence electrons. The Hall–Kier alpha value is -2.08. The summed E-state index contributed by atoms with van der Waals surface area (Å²) in [5, 5.41) is 2.56. The summed E-state index contributed by atoms with van der Waals surface area (Å²) in [6.45, 7) is 0.606. The maximum Gasteiger partial charge on any atom is 0.287 e. The van der Waals surface area contributed by atoms with Crippen LogP contribution in [0.5, 0.6) is 0 Å². The van der Waals surface area contributed by atoms with Crippen LogP contribution >= 0.6 is 15.9 Å². The van der Waals surface area contributed by atoms with Crippen molar-refractivity contribution in [2.45, 2.75) is 12.8 Å². The first-order valence-electron chi connectivity index (χ1n) is 7.37. The van der Waals surface area contributed by atoms with E-state index in [-0.39, 0.29) is 18.2 Å². The summed E-state index contributed by atoms with van der Waals surface area (Å²) in [4.78, 5) is 25.4. The Morgan fingerprint density at radius 3 is 2.57 bits per heavy atom. The van der Waals surface area contributed by atoms with Crippen LogP contribution in [0.3, 0.4) is 0 Å². The number of carbonyl (C=O) groups excluding carboxylic acids is 2. The maximum atomic E-state index is 12.0. The van der Waals surface area contributed by atoms with Crippen molar-refractivity contribution in [3.8, 4) is 0 Å². The number of hydrogen-bond acceptors (Lipinski definition) is 3.